The van der Waals surface area contributed by atoms with Crippen LogP contribution in [-0.2, 0) is 11.2 Å². The highest BCUT2D eigenvalue weighted by Gasteiger charge is 2.32. The Morgan fingerprint density at radius 3 is 2.70 bits per heavy atom. The predicted octanol–water partition coefficient (Wildman–Crippen LogP) is 3.05. The minimum Gasteiger partial charge on any atom is -0.354 e. The van der Waals surface area contributed by atoms with Gasteiger partial charge in [-0.1, -0.05) is 30.3 Å². The standard InChI is InChI=1S/C23H28N6O/c30-23(28-11-8-18(9-12-28)13-17-5-2-1-3-6-17)19-7-4-10-29(14-19)22-20-21(25-15-24-20)26-16-27-22/h1-3,5-6,15-16,18-19H,4,7-14H2,(H,24,25,26,27)/t19-/m1/s1. The number of hydrogen-bond acceptors (Lipinski definition) is 5. The molecule has 0 spiro atoms. The molecule has 0 unspecified atom stereocenters. The average molecular weight is 405 g/mol. The van der Waals surface area contributed by atoms with Crippen LogP contribution in [0.25, 0.3) is 11.2 Å². The van der Waals surface area contributed by atoms with E-state index in [1.807, 2.05) is 0 Å². The highest BCUT2D eigenvalue weighted by Crippen LogP contribution is 2.28. The van der Waals surface area contributed by atoms with Crippen molar-refractivity contribution >= 4 is 22.9 Å². The molecule has 7 heteroatoms. The molecule has 0 bridgehead atoms. The first kappa shape index (κ1) is 19.0. The molecule has 2 saturated heterocycles. The maximum absolute atomic E-state index is 13.3. The normalized spacial score (nSPS) is 20.6. The number of carbonyl (C=O) groups is 1. The van der Waals surface area contributed by atoms with Gasteiger partial charge in [0.1, 0.15) is 11.8 Å². The molecule has 4 heterocycles. The third-order valence-corrected chi connectivity index (χ3v) is 6.57. The summed E-state index contributed by atoms with van der Waals surface area (Å²) in [4.78, 5) is 33.6. The predicted molar refractivity (Wildman–Crippen MR) is 116 cm³/mol. The van der Waals surface area contributed by atoms with Crippen LogP contribution in [0.3, 0.4) is 0 Å². The molecule has 1 N–H and O–H groups in total. The number of rotatable bonds is 4. The molecule has 1 aromatic carbocycles. The van der Waals surface area contributed by atoms with Gasteiger partial charge in [0.05, 0.1) is 12.2 Å². The van der Waals surface area contributed by atoms with Crippen molar-refractivity contribution < 1.29 is 4.79 Å². The summed E-state index contributed by atoms with van der Waals surface area (Å²) < 4.78 is 0. The molecule has 2 aliphatic heterocycles. The van der Waals surface area contributed by atoms with Gasteiger partial charge in [0.15, 0.2) is 11.5 Å². The van der Waals surface area contributed by atoms with Crippen molar-refractivity contribution in [3.8, 4) is 0 Å². The highest BCUT2D eigenvalue weighted by atomic mass is 16.2. The molecule has 1 amide bonds. The van der Waals surface area contributed by atoms with Crippen LogP contribution in [0.2, 0.25) is 0 Å². The number of H-pyrrole nitrogens is 1. The zero-order chi connectivity index (χ0) is 20.3. The van der Waals surface area contributed by atoms with Gasteiger partial charge in [-0.05, 0) is 43.6 Å². The molecule has 0 aliphatic carbocycles. The number of imidazole rings is 1. The Hall–Kier alpha value is -2.96. The van der Waals surface area contributed by atoms with Crippen LogP contribution in [0.15, 0.2) is 43.0 Å². The average Bonchev–Trinajstić information content (AvgIpc) is 3.29. The lowest BCUT2D eigenvalue weighted by atomic mass is 9.89. The lowest BCUT2D eigenvalue weighted by Gasteiger charge is -2.38. The van der Waals surface area contributed by atoms with E-state index < -0.39 is 0 Å². The quantitative estimate of drug-likeness (QED) is 0.723. The molecule has 156 valence electrons. The fourth-order valence-electron chi connectivity index (χ4n) is 4.93. The molecule has 0 saturated carbocycles. The van der Waals surface area contributed by atoms with Crippen LogP contribution in [0.4, 0.5) is 5.82 Å². The van der Waals surface area contributed by atoms with Gasteiger partial charge in [-0.2, -0.15) is 0 Å². The number of amides is 1. The van der Waals surface area contributed by atoms with Crippen molar-refractivity contribution in [2.75, 3.05) is 31.1 Å². The van der Waals surface area contributed by atoms with Crippen LogP contribution in [0.5, 0.6) is 0 Å². The van der Waals surface area contributed by atoms with E-state index in [9.17, 15) is 4.79 Å². The van der Waals surface area contributed by atoms with Crippen LogP contribution in [-0.4, -0.2) is 56.9 Å². The molecular formula is C23H28N6O. The zero-order valence-corrected chi connectivity index (χ0v) is 17.2. The van der Waals surface area contributed by atoms with Crippen LogP contribution < -0.4 is 4.90 Å². The lowest BCUT2D eigenvalue weighted by Crippen LogP contribution is -2.47. The highest BCUT2D eigenvalue weighted by molar-refractivity contribution is 5.84. The fourth-order valence-corrected chi connectivity index (χ4v) is 4.93. The van der Waals surface area contributed by atoms with E-state index in [1.165, 1.54) is 5.56 Å². The monoisotopic (exact) mass is 404 g/mol. The summed E-state index contributed by atoms with van der Waals surface area (Å²) in [6.07, 6.45) is 8.47. The van der Waals surface area contributed by atoms with Crippen LogP contribution >= 0.6 is 0 Å². The van der Waals surface area contributed by atoms with E-state index in [1.54, 1.807) is 12.7 Å². The second-order valence-electron chi connectivity index (χ2n) is 8.54. The molecule has 5 rings (SSSR count). The van der Waals surface area contributed by atoms with Crippen molar-refractivity contribution in [1.29, 1.82) is 0 Å². The van der Waals surface area contributed by atoms with Gasteiger partial charge < -0.3 is 14.8 Å². The van der Waals surface area contributed by atoms with E-state index in [4.69, 9.17) is 0 Å². The number of likely N-dealkylation sites (tertiary alicyclic amines) is 1. The summed E-state index contributed by atoms with van der Waals surface area (Å²) in [5.74, 6) is 1.88. The zero-order valence-electron chi connectivity index (χ0n) is 17.2. The number of nitrogens with one attached hydrogen (secondary N) is 1. The number of hydrogen-bond donors (Lipinski definition) is 1. The summed E-state index contributed by atoms with van der Waals surface area (Å²) in [5, 5.41) is 0. The minimum atomic E-state index is 0.0392. The van der Waals surface area contributed by atoms with E-state index in [-0.39, 0.29) is 5.92 Å². The summed E-state index contributed by atoms with van der Waals surface area (Å²) in [6, 6.07) is 10.7. The minimum absolute atomic E-state index is 0.0392. The van der Waals surface area contributed by atoms with Crippen molar-refractivity contribution in [3.63, 3.8) is 0 Å². The number of anilines is 1. The Kier molecular flexibility index (Phi) is 5.34. The van der Waals surface area contributed by atoms with Crippen molar-refractivity contribution in [1.82, 2.24) is 24.8 Å². The molecule has 1 atom stereocenters. The SMILES string of the molecule is O=C([C@@H]1CCCN(c2ncnc3nc[nH]c23)C1)N1CCC(Cc2ccccc2)CC1. The maximum Gasteiger partial charge on any atom is 0.227 e. The van der Waals surface area contributed by atoms with Gasteiger partial charge in [0, 0.05) is 26.2 Å². The topological polar surface area (TPSA) is 78.0 Å². The third kappa shape index (κ3) is 3.88. The van der Waals surface area contributed by atoms with Gasteiger partial charge in [0.2, 0.25) is 5.91 Å². The van der Waals surface area contributed by atoms with Gasteiger partial charge in [-0.15, -0.1) is 0 Å². The van der Waals surface area contributed by atoms with E-state index in [0.717, 1.165) is 63.1 Å². The summed E-state index contributed by atoms with van der Waals surface area (Å²) in [7, 11) is 0. The summed E-state index contributed by atoms with van der Waals surface area (Å²) in [6.45, 7) is 3.39. The third-order valence-electron chi connectivity index (χ3n) is 6.57. The van der Waals surface area contributed by atoms with Gasteiger partial charge in [-0.3, -0.25) is 4.79 Å². The number of aromatic amines is 1. The number of benzene rings is 1. The number of nitrogens with zero attached hydrogens (tertiary/aromatic N) is 5. The van der Waals surface area contributed by atoms with Crippen molar-refractivity contribution in [2.45, 2.75) is 32.1 Å². The first-order valence-electron chi connectivity index (χ1n) is 11.0. The molecule has 3 aromatic rings. The number of fused-ring (bicyclic) bond motifs is 1. The van der Waals surface area contributed by atoms with Crippen molar-refractivity contribution in [3.05, 3.63) is 48.5 Å². The smallest absolute Gasteiger partial charge is 0.227 e. The second kappa shape index (κ2) is 8.42. The van der Waals surface area contributed by atoms with E-state index in [0.29, 0.717) is 24.0 Å². The number of carbonyl (C=O) groups excluding carboxylic acids is 1. The Morgan fingerprint density at radius 2 is 1.87 bits per heavy atom. The Balaban J connectivity index is 1.20. The number of piperidine rings is 2. The Labute approximate surface area is 176 Å². The van der Waals surface area contributed by atoms with E-state index in [2.05, 4.69) is 60.1 Å². The maximum atomic E-state index is 13.3. The molecular weight excluding hydrogens is 376 g/mol. The van der Waals surface area contributed by atoms with Gasteiger partial charge in [0.25, 0.3) is 0 Å². The van der Waals surface area contributed by atoms with Gasteiger partial charge >= 0.3 is 0 Å². The van der Waals surface area contributed by atoms with E-state index >= 15 is 0 Å². The molecule has 2 aliphatic rings. The summed E-state index contributed by atoms with van der Waals surface area (Å²) >= 11 is 0. The first-order valence-corrected chi connectivity index (χ1v) is 11.0. The summed E-state index contributed by atoms with van der Waals surface area (Å²) in [5.41, 5.74) is 2.93. The number of aromatic nitrogens is 4. The van der Waals surface area contributed by atoms with Crippen molar-refractivity contribution in [2.24, 2.45) is 11.8 Å². The molecule has 7 nitrogen and oxygen atoms in total. The fraction of sp³-hybridized carbons (Fsp3) is 0.478. The second-order valence-corrected chi connectivity index (χ2v) is 8.54. The molecule has 30 heavy (non-hydrogen) atoms. The van der Waals surface area contributed by atoms with Gasteiger partial charge in [-0.25, -0.2) is 15.0 Å². The molecule has 2 fully saturated rings. The first-order chi connectivity index (χ1) is 14.8. The Morgan fingerprint density at radius 1 is 1.03 bits per heavy atom. The van der Waals surface area contributed by atoms with Crippen LogP contribution in [0, 0.1) is 11.8 Å². The largest absolute Gasteiger partial charge is 0.354 e. The Bertz CT molecular complexity index is 995. The molecule has 2 aromatic heterocycles. The van der Waals surface area contributed by atoms with Crippen LogP contribution in [0.1, 0.15) is 31.2 Å². The lowest BCUT2D eigenvalue weighted by molar-refractivity contribution is -0.137. The molecule has 0 radical (unpaired) electrons.